The summed E-state index contributed by atoms with van der Waals surface area (Å²) < 4.78 is 38.4. The van der Waals surface area contributed by atoms with E-state index in [9.17, 15) is 13.2 Å². The molecule has 3 rings (SSSR count). The number of sulfonamides is 1. The maximum absolute atomic E-state index is 13.1. The number of fused-ring (bicyclic) bond motifs is 1. The van der Waals surface area contributed by atoms with Gasteiger partial charge >= 0.3 is 0 Å². The van der Waals surface area contributed by atoms with Gasteiger partial charge in [0.15, 0.2) is 0 Å². The molecule has 0 radical (unpaired) electrons. The summed E-state index contributed by atoms with van der Waals surface area (Å²) in [6.45, 7) is 6.37. The lowest BCUT2D eigenvalue weighted by molar-refractivity contribution is -0.121. The Balaban J connectivity index is 1.45. The molecule has 1 N–H and O–H groups in total. The molecule has 2 aromatic carbocycles. The van der Waals surface area contributed by atoms with Crippen molar-refractivity contribution < 1.29 is 22.7 Å². The molecule has 0 spiro atoms. The Labute approximate surface area is 209 Å². The van der Waals surface area contributed by atoms with E-state index in [0.717, 1.165) is 31.7 Å². The summed E-state index contributed by atoms with van der Waals surface area (Å²) in [5, 5.41) is 2.81. The summed E-state index contributed by atoms with van der Waals surface area (Å²) in [4.78, 5) is 14.9. The third-order valence-corrected chi connectivity index (χ3v) is 8.55. The van der Waals surface area contributed by atoms with Crippen LogP contribution in [-0.4, -0.2) is 77.5 Å². The van der Waals surface area contributed by atoms with Gasteiger partial charge in [0.1, 0.15) is 18.1 Å². The second kappa shape index (κ2) is 11.9. The first-order valence-corrected chi connectivity index (χ1v) is 13.4. The maximum Gasteiger partial charge on any atom is 0.243 e. The topological polar surface area (TPSA) is 88.2 Å². The predicted molar refractivity (Wildman–Crippen MR) is 137 cm³/mol. The number of methoxy groups -OCH3 is 1. The predicted octanol–water partition coefficient (Wildman–Crippen LogP) is 2.55. The SMILES string of the molecule is COc1cc(C)c(S(=O)(=O)N(C)CCC(=O)NCCOc2ccc3c(c2)CCN(C)CC3)c(C)c1. The van der Waals surface area contributed by atoms with Crippen LogP contribution in [0.4, 0.5) is 0 Å². The van der Waals surface area contributed by atoms with Crippen LogP contribution in [0.2, 0.25) is 0 Å². The van der Waals surface area contributed by atoms with Crippen molar-refractivity contribution in [1.29, 1.82) is 0 Å². The van der Waals surface area contributed by atoms with E-state index >= 15 is 0 Å². The molecule has 1 aliphatic rings. The van der Waals surface area contributed by atoms with Gasteiger partial charge in [-0.2, -0.15) is 0 Å². The Hall–Kier alpha value is -2.62. The van der Waals surface area contributed by atoms with Gasteiger partial charge in [0.2, 0.25) is 15.9 Å². The van der Waals surface area contributed by atoms with Crippen molar-refractivity contribution >= 4 is 15.9 Å². The van der Waals surface area contributed by atoms with Crippen LogP contribution >= 0.6 is 0 Å². The largest absolute Gasteiger partial charge is 0.497 e. The Morgan fingerprint density at radius 1 is 1.06 bits per heavy atom. The fraction of sp³-hybridized carbons (Fsp3) is 0.500. The molecule has 0 fully saturated rings. The third kappa shape index (κ3) is 6.96. The van der Waals surface area contributed by atoms with Gasteiger partial charge in [0.05, 0.1) is 18.6 Å². The van der Waals surface area contributed by atoms with Gasteiger partial charge in [0, 0.05) is 33.1 Å². The van der Waals surface area contributed by atoms with Crippen LogP contribution in [-0.2, 0) is 27.7 Å². The van der Waals surface area contributed by atoms with Crippen LogP contribution in [0.25, 0.3) is 0 Å². The molecule has 35 heavy (non-hydrogen) atoms. The highest BCUT2D eigenvalue weighted by atomic mass is 32.2. The van der Waals surface area contributed by atoms with Gasteiger partial charge in [-0.1, -0.05) is 6.07 Å². The molecule has 0 unspecified atom stereocenters. The zero-order valence-electron chi connectivity index (χ0n) is 21.4. The van der Waals surface area contributed by atoms with Gasteiger partial charge in [-0.15, -0.1) is 0 Å². The number of hydrogen-bond donors (Lipinski definition) is 1. The zero-order valence-corrected chi connectivity index (χ0v) is 22.2. The molecule has 0 aliphatic carbocycles. The first kappa shape index (κ1) is 27.0. The average Bonchev–Trinajstić information content (AvgIpc) is 3.00. The molecular formula is C26H37N3O5S. The highest BCUT2D eigenvalue weighted by Crippen LogP contribution is 2.28. The number of aryl methyl sites for hydroxylation is 2. The van der Waals surface area contributed by atoms with E-state index in [1.54, 1.807) is 33.1 Å². The summed E-state index contributed by atoms with van der Waals surface area (Å²) in [5.74, 6) is 1.20. The third-order valence-electron chi connectivity index (χ3n) is 6.39. The van der Waals surface area contributed by atoms with Gasteiger partial charge in [-0.3, -0.25) is 4.79 Å². The van der Waals surface area contributed by atoms with E-state index in [-0.39, 0.29) is 23.8 Å². The second-order valence-corrected chi connectivity index (χ2v) is 11.1. The Morgan fingerprint density at radius 2 is 1.71 bits per heavy atom. The fourth-order valence-electron chi connectivity index (χ4n) is 4.32. The van der Waals surface area contributed by atoms with Crippen LogP contribution in [0.1, 0.15) is 28.7 Å². The number of ether oxygens (including phenoxy) is 2. The number of hydrogen-bond acceptors (Lipinski definition) is 6. The molecular weight excluding hydrogens is 466 g/mol. The van der Waals surface area contributed by atoms with Crippen molar-refractivity contribution in [2.75, 3.05) is 54.0 Å². The molecule has 9 heteroatoms. The van der Waals surface area contributed by atoms with Crippen molar-refractivity contribution in [2.45, 2.75) is 38.0 Å². The number of nitrogens with one attached hydrogen (secondary N) is 1. The molecule has 1 heterocycles. The minimum atomic E-state index is -3.73. The number of carbonyl (C=O) groups is 1. The maximum atomic E-state index is 13.1. The molecule has 2 aromatic rings. The van der Waals surface area contributed by atoms with Gasteiger partial charge in [-0.25, -0.2) is 12.7 Å². The smallest absolute Gasteiger partial charge is 0.243 e. The van der Waals surface area contributed by atoms with Crippen molar-refractivity contribution in [1.82, 2.24) is 14.5 Å². The fourth-order valence-corrected chi connectivity index (χ4v) is 5.90. The molecule has 1 amide bonds. The minimum absolute atomic E-state index is 0.0658. The first-order chi connectivity index (χ1) is 16.6. The number of nitrogens with zero attached hydrogens (tertiary/aromatic N) is 2. The van der Waals surface area contributed by atoms with E-state index in [0.29, 0.717) is 30.0 Å². The van der Waals surface area contributed by atoms with Gasteiger partial charge in [-0.05, 0) is 80.3 Å². The van der Waals surface area contributed by atoms with E-state index < -0.39 is 10.0 Å². The summed E-state index contributed by atoms with van der Waals surface area (Å²) in [5.41, 5.74) is 3.91. The van der Waals surface area contributed by atoms with Crippen LogP contribution < -0.4 is 14.8 Å². The number of rotatable bonds is 10. The van der Waals surface area contributed by atoms with Crippen LogP contribution in [0.3, 0.4) is 0 Å². The molecule has 192 valence electrons. The minimum Gasteiger partial charge on any atom is -0.497 e. The van der Waals surface area contributed by atoms with Crippen molar-refractivity contribution in [3.63, 3.8) is 0 Å². The quantitative estimate of drug-likeness (QED) is 0.502. The molecule has 0 atom stereocenters. The monoisotopic (exact) mass is 503 g/mol. The normalized spacial score (nSPS) is 14.3. The lowest BCUT2D eigenvalue weighted by Gasteiger charge is -2.20. The summed E-state index contributed by atoms with van der Waals surface area (Å²) in [6, 6.07) is 9.60. The number of benzene rings is 2. The lowest BCUT2D eigenvalue weighted by Crippen LogP contribution is -2.34. The number of amides is 1. The Morgan fingerprint density at radius 3 is 2.37 bits per heavy atom. The standard InChI is InChI=1S/C26H37N3O5S/c1-19-16-24(33-5)17-20(2)26(19)35(31,32)29(4)14-10-25(30)27-11-15-34-23-7-6-21-8-12-28(3)13-9-22(21)18-23/h6-7,16-18H,8-15H2,1-5H3,(H,27,30). The van der Waals surface area contributed by atoms with Crippen molar-refractivity contribution in [2.24, 2.45) is 0 Å². The highest BCUT2D eigenvalue weighted by Gasteiger charge is 2.25. The summed E-state index contributed by atoms with van der Waals surface area (Å²) in [6.07, 6.45) is 2.12. The van der Waals surface area contributed by atoms with Gasteiger partial charge < -0.3 is 19.7 Å². The van der Waals surface area contributed by atoms with Crippen molar-refractivity contribution in [3.8, 4) is 11.5 Å². The zero-order chi connectivity index (χ0) is 25.6. The van der Waals surface area contributed by atoms with Crippen LogP contribution in [0.15, 0.2) is 35.2 Å². The van der Waals surface area contributed by atoms with Crippen LogP contribution in [0.5, 0.6) is 11.5 Å². The molecule has 8 nitrogen and oxygen atoms in total. The molecule has 1 aliphatic heterocycles. The average molecular weight is 504 g/mol. The molecule has 0 saturated heterocycles. The van der Waals surface area contributed by atoms with E-state index in [1.807, 2.05) is 6.07 Å². The summed E-state index contributed by atoms with van der Waals surface area (Å²) in [7, 11) is 1.45. The van der Waals surface area contributed by atoms with E-state index in [4.69, 9.17) is 9.47 Å². The molecule has 0 bridgehead atoms. The number of carbonyl (C=O) groups excluding carboxylic acids is 1. The molecule has 0 aromatic heterocycles. The second-order valence-electron chi connectivity index (χ2n) is 9.10. The van der Waals surface area contributed by atoms with E-state index in [2.05, 4.69) is 29.4 Å². The molecule has 0 saturated carbocycles. The Bertz CT molecular complexity index is 1130. The summed E-state index contributed by atoms with van der Waals surface area (Å²) >= 11 is 0. The van der Waals surface area contributed by atoms with Gasteiger partial charge in [0.25, 0.3) is 0 Å². The number of likely N-dealkylation sites (N-methyl/N-ethyl adjacent to an activating group) is 1. The first-order valence-electron chi connectivity index (χ1n) is 11.9. The Kier molecular flexibility index (Phi) is 9.15. The van der Waals surface area contributed by atoms with Crippen LogP contribution in [0, 0.1) is 13.8 Å². The highest BCUT2D eigenvalue weighted by molar-refractivity contribution is 7.89. The lowest BCUT2D eigenvalue weighted by atomic mass is 10.0. The van der Waals surface area contributed by atoms with Crippen molar-refractivity contribution in [3.05, 3.63) is 52.6 Å². The van der Waals surface area contributed by atoms with E-state index in [1.165, 1.54) is 22.5 Å².